The van der Waals surface area contributed by atoms with Crippen molar-refractivity contribution in [2.24, 2.45) is 0 Å². The second kappa shape index (κ2) is 13.7. The molecule has 0 spiro atoms. The molecule has 2 nitrogen and oxygen atoms in total. The van der Waals surface area contributed by atoms with Gasteiger partial charge in [-0.1, -0.05) is 57.9 Å². The Balaban J connectivity index is 3.28. The van der Waals surface area contributed by atoms with E-state index < -0.39 is 0 Å². The minimum absolute atomic E-state index is 0.209. The van der Waals surface area contributed by atoms with Crippen LogP contribution >= 0.6 is 0 Å². The lowest BCUT2D eigenvalue weighted by Gasteiger charge is -2.13. The first kappa shape index (κ1) is 16.7. The average molecular weight is 242 g/mol. The number of methoxy groups -OCH3 is 1. The Kier molecular flexibility index (Phi) is 13.4. The van der Waals surface area contributed by atoms with Crippen LogP contribution in [0.15, 0.2) is 12.7 Å². The molecule has 0 rings (SSSR count). The molecule has 0 aromatic heterocycles. The molecule has 0 N–H and O–H groups in total. The van der Waals surface area contributed by atoms with E-state index in [9.17, 15) is 0 Å². The lowest BCUT2D eigenvalue weighted by molar-refractivity contribution is 0.0351. The maximum atomic E-state index is 5.63. The maximum Gasteiger partial charge on any atom is 0.0754 e. The van der Waals surface area contributed by atoms with Crippen molar-refractivity contribution in [3.63, 3.8) is 0 Å². The number of unbranched alkanes of at least 4 members (excludes halogenated alkanes) is 6. The molecule has 0 aliphatic carbocycles. The molecule has 1 unspecified atom stereocenters. The topological polar surface area (TPSA) is 18.5 Å². The average Bonchev–Trinajstić information content (AvgIpc) is 2.35. The van der Waals surface area contributed by atoms with Crippen molar-refractivity contribution in [2.75, 3.05) is 20.3 Å². The zero-order valence-corrected chi connectivity index (χ0v) is 11.7. The van der Waals surface area contributed by atoms with E-state index in [1.54, 1.807) is 7.11 Å². The summed E-state index contributed by atoms with van der Waals surface area (Å²) in [7, 11) is 1.70. The van der Waals surface area contributed by atoms with Crippen LogP contribution < -0.4 is 0 Å². The molecule has 0 radical (unpaired) electrons. The fraction of sp³-hybridized carbons (Fsp3) is 0.867. The Morgan fingerprint density at radius 3 is 2.24 bits per heavy atom. The molecule has 0 aromatic carbocycles. The van der Waals surface area contributed by atoms with E-state index in [2.05, 4.69) is 13.5 Å². The van der Waals surface area contributed by atoms with Crippen LogP contribution in [0.1, 0.15) is 58.3 Å². The van der Waals surface area contributed by atoms with Crippen LogP contribution in [-0.4, -0.2) is 26.4 Å². The van der Waals surface area contributed by atoms with Gasteiger partial charge in [-0.25, -0.2) is 0 Å². The first-order chi connectivity index (χ1) is 8.35. The summed E-state index contributed by atoms with van der Waals surface area (Å²) in [6.07, 6.45) is 12.6. The van der Waals surface area contributed by atoms with Crippen molar-refractivity contribution in [1.29, 1.82) is 0 Å². The van der Waals surface area contributed by atoms with Crippen LogP contribution in [0.25, 0.3) is 0 Å². The third-order valence-electron chi connectivity index (χ3n) is 2.97. The SMILES string of the molecule is C=CC(CCCCCCCCC)OCCOC. The van der Waals surface area contributed by atoms with Crippen molar-refractivity contribution in [3.05, 3.63) is 12.7 Å². The van der Waals surface area contributed by atoms with Gasteiger partial charge in [-0.2, -0.15) is 0 Å². The number of ether oxygens (including phenoxy) is 2. The largest absolute Gasteiger partial charge is 0.382 e. The summed E-state index contributed by atoms with van der Waals surface area (Å²) >= 11 is 0. The maximum absolute atomic E-state index is 5.63. The Labute approximate surface area is 107 Å². The van der Waals surface area contributed by atoms with Crippen LogP contribution in [0.5, 0.6) is 0 Å². The molecule has 0 saturated carbocycles. The number of hydrogen-bond acceptors (Lipinski definition) is 2. The number of rotatable bonds is 13. The smallest absolute Gasteiger partial charge is 0.0754 e. The van der Waals surface area contributed by atoms with Crippen molar-refractivity contribution < 1.29 is 9.47 Å². The lowest BCUT2D eigenvalue weighted by Crippen LogP contribution is -2.13. The summed E-state index contributed by atoms with van der Waals surface area (Å²) in [6, 6.07) is 0. The Hall–Kier alpha value is -0.340. The van der Waals surface area contributed by atoms with Gasteiger partial charge in [0, 0.05) is 7.11 Å². The molecule has 2 heteroatoms. The van der Waals surface area contributed by atoms with Crippen molar-refractivity contribution in [3.8, 4) is 0 Å². The highest BCUT2D eigenvalue weighted by atomic mass is 16.5. The van der Waals surface area contributed by atoms with Crippen LogP contribution in [0, 0.1) is 0 Å². The minimum Gasteiger partial charge on any atom is -0.382 e. The van der Waals surface area contributed by atoms with Gasteiger partial charge in [-0.3, -0.25) is 0 Å². The first-order valence-electron chi connectivity index (χ1n) is 7.08. The second-order valence-corrected chi connectivity index (χ2v) is 4.55. The summed E-state index contributed by atoms with van der Waals surface area (Å²) in [6.45, 7) is 7.41. The van der Waals surface area contributed by atoms with E-state index in [4.69, 9.17) is 9.47 Å². The Morgan fingerprint density at radius 1 is 1.00 bits per heavy atom. The van der Waals surface area contributed by atoms with Gasteiger partial charge >= 0.3 is 0 Å². The molecular formula is C15H30O2. The van der Waals surface area contributed by atoms with Gasteiger partial charge in [-0.15, -0.1) is 6.58 Å². The van der Waals surface area contributed by atoms with Gasteiger partial charge < -0.3 is 9.47 Å². The predicted molar refractivity (Wildman–Crippen MR) is 74.4 cm³/mol. The fourth-order valence-corrected chi connectivity index (χ4v) is 1.85. The highest BCUT2D eigenvalue weighted by Crippen LogP contribution is 2.11. The van der Waals surface area contributed by atoms with Crippen LogP contribution in [0.2, 0.25) is 0 Å². The molecule has 0 saturated heterocycles. The monoisotopic (exact) mass is 242 g/mol. The summed E-state index contributed by atoms with van der Waals surface area (Å²) in [4.78, 5) is 0. The van der Waals surface area contributed by atoms with E-state index in [1.165, 1.54) is 44.9 Å². The molecular weight excluding hydrogens is 212 g/mol. The third-order valence-corrected chi connectivity index (χ3v) is 2.97. The molecule has 0 heterocycles. The van der Waals surface area contributed by atoms with Gasteiger partial charge in [0.15, 0.2) is 0 Å². The normalized spacial score (nSPS) is 12.6. The Morgan fingerprint density at radius 2 is 1.65 bits per heavy atom. The van der Waals surface area contributed by atoms with Crippen LogP contribution in [0.4, 0.5) is 0 Å². The van der Waals surface area contributed by atoms with Gasteiger partial charge in [-0.05, 0) is 6.42 Å². The van der Waals surface area contributed by atoms with Crippen molar-refractivity contribution >= 4 is 0 Å². The third kappa shape index (κ3) is 11.9. The molecule has 1 atom stereocenters. The van der Waals surface area contributed by atoms with E-state index in [1.807, 2.05) is 6.08 Å². The molecule has 0 fully saturated rings. The molecule has 102 valence electrons. The summed E-state index contributed by atoms with van der Waals surface area (Å²) in [5, 5.41) is 0. The predicted octanol–water partition coefficient (Wildman–Crippen LogP) is 4.34. The highest BCUT2D eigenvalue weighted by molar-refractivity contribution is 4.79. The molecule has 0 bridgehead atoms. The van der Waals surface area contributed by atoms with Gasteiger partial charge in [0.2, 0.25) is 0 Å². The van der Waals surface area contributed by atoms with E-state index in [-0.39, 0.29) is 6.10 Å². The molecule has 0 aromatic rings. The Bertz CT molecular complexity index is 157. The van der Waals surface area contributed by atoms with E-state index >= 15 is 0 Å². The first-order valence-corrected chi connectivity index (χ1v) is 7.08. The lowest BCUT2D eigenvalue weighted by atomic mass is 10.1. The molecule has 0 amide bonds. The van der Waals surface area contributed by atoms with Gasteiger partial charge in [0.25, 0.3) is 0 Å². The molecule has 0 aliphatic heterocycles. The second-order valence-electron chi connectivity index (χ2n) is 4.55. The van der Waals surface area contributed by atoms with E-state index in [0.717, 1.165) is 6.42 Å². The number of hydrogen-bond donors (Lipinski definition) is 0. The fourth-order valence-electron chi connectivity index (χ4n) is 1.85. The van der Waals surface area contributed by atoms with Crippen LogP contribution in [0.3, 0.4) is 0 Å². The zero-order chi connectivity index (χ0) is 12.8. The quantitative estimate of drug-likeness (QED) is 0.353. The van der Waals surface area contributed by atoms with Crippen LogP contribution in [-0.2, 0) is 9.47 Å². The van der Waals surface area contributed by atoms with Crippen molar-refractivity contribution in [2.45, 2.75) is 64.4 Å². The molecule has 17 heavy (non-hydrogen) atoms. The highest BCUT2D eigenvalue weighted by Gasteiger charge is 2.03. The van der Waals surface area contributed by atoms with E-state index in [0.29, 0.717) is 13.2 Å². The zero-order valence-electron chi connectivity index (χ0n) is 11.7. The summed E-state index contributed by atoms with van der Waals surface area (Å²) in [5.74, 6) is 0. The summed E-state index contributed by atoms with van der Waals surface area (Å²) < 4.78 is 10.6. The summed E-state index contributed by atoms with van der Waals surface area (Å²) in [5.41, 5.74) is 0. The standard InChI is InChI=1S/C15H30O2/c1-4-6-7-8-9-10-11-12-15(5-2)17-14-13-16-3/h5,15H,2,4,6-14H2,1,3H3. The van der Waals surface area contributed by atoms with Crippen molar-refractivity contribution in [1.82, 2.24) is 0 Å². The van der Waals surface area contributed by atoms with Gasteiger partial charge in [0.1, 0.15) is 0 Å². The minimum atomic E-state index is 0.209. The molecule has 0 aliphatic rings. The van der Waals surface area contributed by atoms with Gasteiger partial charge in [0.05, 0.1) is 19.3 Å².